The summed E-state index contributed by atoms with van der Waals surface area (Å²) in [4.78, 5) is 19.5. The van der Waals surface area contributed by atoms with Gasteiger partial charge in [0.05, 0.1) is 24.2 Å². The molecule has 5 nitrogen and oxygen atoms in total. The first-order chi connectivity index (χ1) is 14.0. The number of hydrogen-bond donors (Lipinski definition) is 0. The molecule has 1 aromatic heterocycles. The summed E-state index contributed by atoms with van der Waals surface area (Å²) in [5, 5.41) is 0.739. The summed E-state index contributed by atoms with van der Waals surface area (Å²) < 4.78 is 7.54. The number of hydrogen-bond acceptors (Lipinski definition) is 3. The molecule has 2 heterocycles. The topological polar surface area (TPSA) is 47.4 Å². The zero-order valence-electron chi connectivity index (χ0n) is 16.9. The summed E-state index contributed by atoms with van der Waals surface area (Å²) >= 11 is 6.40. The Balaban J connectivity index is 1.65. The van der Waals surface area contributed by atoms with E-state index in [1.807, 2.05) is 29.2 Å². The van der Waals surface area contributed by atoms with E-state index in [0.717, 1.165) is 27.4 Å². The number of halogens is 1. The minimum absolute atomic E-state index is 0.169. The molecular weight excluding hydrogens is 386 g/mol. The largest absolute Gasteiger partial charge is 0.378 e. The summed E-state index contributed by atoms with van der Waals surface area (Å²) in [6.07, 6.45) is 1.09. The van der Waals surface area contributed by atoms with Crippen LogP contribution >= 0.6 is 11.6 Å². The fourth-order valence-electron chi connectivity index (χ4n) is 3.80. The fourth-order valence-corrected chi connectivity index (χ4v) is 4.01. The van der Waals surface area contributed by atoms with E-state index in [-0.39, 0.29) is 5.91 Å². The molecule has 0 aliphatic carbocycles. The van der Waals surface area contributed by atoms with Crippen LogP contribution < -0.4 is 0 Å². The van der Waals surface area contributed by atoms with Gasteiger partial charge < -0.3 is 14.2 Å². The van der Waals surface area contributed by atoms with Crippen molar-refractivity contribution in [2.24, 2.45) is 0 Å². The van der Waals surface area contributed by atoms with Crippen molar-refractivity contribution in [2.75, 3.05) is 26.3 Å². The van der Waals surface area contributed by atoms with Gasteiger partial charge in [0.25, 0.3) is 0 Å². The Bertz CT molecular complexity index is 1040. The van der Waals surface area contributed by atoms with Gasteiger partial charge in [-0.1, -0.05) is 29.8 Å². The molecular formula is C23H26ClN3O2. The third-order valence-corrected chi connectivity index (χ3v) is 6.03. The van der Waals surface area contributed by atoms with Crippen molar-refractivity contribution in [3.05, 3.63) is 63.9 Å². The summed E-state index contributed by atoms with van der Waals surface area (Å²) in [6.45, 7) is 7.41. The van der Waals surface area contributed by atoms with E-state index in [4.69, 9.17) is 21.3 Å². The maximum Gasteiger partial charge on any atom is 0.224 e. The van der Waals surface area contributed by atoms with Crippen LogP contribution in [0.4, 0.5) is 0 Å². The van der Waals surface area contributed by atoms with Crippen molar-refractivity contribution >= 4 is 28.5 Å². The van der Waals surface area contributed by atoms with Gasteiger partial charge >= 0.3 is 0 Å². The molecule has 2 aromatic carbocycles. The predicted octanol–water partition coefficient (Wildman–Crippen LogP) is 4.15. The molecule has 0 atom stereocenters. The number of carbonyl (C=O) groups excluding carboxylic acids is 1. The van der Waals surface area contributed by atoms with Crippen molar-refractivity contribution in [1.82, 2.24) is 14.5 Å². The molecule has 0 spiro atoms. The van der Waals surface area contributed by atoms with E-state index in [9.17, 15) is 4.79 Å². The lowest BCUT2D eigenvalue weighted by molar-refractivity contribution is -0.135. The third-order valence-electron chi connectivity index (χ3n) is 5.66. The van der Waals surface area contributed by atoms with Crippen molar-refractivity contribution in [3.8, 4) is 0 Å². The number of amides is 1. The zero-order valence-corrected chi connectivity index (χ0v) is 17.7. The van der Waals surface area contributed by atoms with Gasteiger partial charge in [0, 0.05) is 37.5 Å². The van der Waals surface area contributed by atoms with Crippen molar-refractivity contribution in [2.45, 2.75) is 33.2 Å². The van der Waals surface area contributed by atoms with Crippen LogP contribution in [0.5, 0.6) is 0 Å². The van der Waals surface area contributed by atoms with E-state index >= 15 is 0 Å². The third kappa shape index (κ3) is 4.31. The highest BCUT2D eigenvalue weighted by atomic mass is 35.5. The molecule has 1 aliphatic heterocycles. The highest BCUT2D eigenvalue weighted by Gasteiger charge is 2.19. The number of aromatic nitrogens is 2. The van der Waals surface area contributed by atoms with Crippen molar-refractivity contribution in [1.29, 1.82) is 0 Å². The number of rotatable bonds is 5. The lowest BCUT2D eigenvalue weighted by Gasteiger charge is -2.27. The quantitative estimate of drug-likeness (QED) is 0.633. The first kappa shape index (κ1) is 19.9. The molecule has 0 bridgehead atoms. The van der Waals surface area contributed by atoms with Gasteiger partial charge in [0.2, 0.25) is 5.91 Å². The van der Waals surface area contributed by atoms with Gasteiger partial charge in [-0.2, -0.15) is 0 Å². The van der Waals surface area contributed by atoms with Gasteiger partial charge in [0.15, 0.2) is 0 Å². The Hall–Kier alpha value is -2.37. The van der Waals surface area contributed by atoms with Gasteiger partial charge in [-0.15, -0.1) is 0 Å². The van der Waals surface area contributed by atoms with E-state index in [1.54, 1.807) is 0 Å². The second-order valence-corrected chi connectivity index (χ2v) is 8.02. The molecule has 152 valence electrons. The van der Waals surface area contributed by atoms with Crippen LogP contribution in [0.1, 0.15) is 28.9 Å². The first-order valence-electron chi connectivity index (χ1n) is 10.1. The molecule has 1 fully saturated rings. The highest BCUT2D eigenvalue weighted by Crippen LogP contribution is 2.25. The van der Waals surface area contributed by atoms with Gasteiger partial charge in [-0.05, 0) is 48.7 Å². The van der Waals surface area contributed by atoms with Gasteiger partial charge in [-0.25, -0.2) is 4.98 Å². The lowest BCUT2D eigenvalue weighted by atomic mass is 10.1. The standard InChI is InChI=1S/C23H26ClN3O2/c1-16-13-20-21(14-17(16)2)27(8-7-23(28)26-9-11-29-12-10-26)22(25-20)15-18-5-3-4-6-19(18)24/h3-6,13-14H,7-12,15H2,1-2H3. The normalized spacial score (nSPS) is 14.5. The van der Waals surface area contributed by atoms with E-state index < -0.39 is 0 Å². The van der Waals surface area contributed by atoms with Crippen LogP contribution in [0.15, 0.2) is 36.4 Å². The van der Waals surface area contributed by atoms with E-state index in [0.29, 0.717) is 45.7 Å². The Morgan fingerprint density at radius 2 is 1.86 bits per heavy atom. The minimum atomic E-state index is 0.169. The Morgan fingerprint density at radius 3 is 2.62 bits per heavy atom. The van der Waals surface area contributed by atoms with Crippen LogP contribution in [-0.2, 0) is 22.5 Å². The molecule has 6 heteroatoms. The molecule has 4 rings (SSSR count). The number of morpholine rings is 1. The van der Waals surface area contributed by atoms with Crippen LogP contribution in [-0.4, -0.2) is 46.7 Å². The SMILES string of the molecule is Cc1cc2nc(Cc3ccccc3Cl)n(CCC(=O)N3CCOCC3)c2cc1C. The number of aryl methyl sites for hydroxylation is 3. The number of benzene rings is 2. The smallest absolute Gasteiger partial charge is 0.224 e. The number of carbonyl (C=O) groups is 1. The highest BCUT2D eigenvalue weighted by molar-refractivity contribution is 6.31. The van der Waals surface area contributed by atoms with Crippen molar-refractivity contribution in [3.63, 3.8) is 0 Å². The second kappa shape index (κ2) is 8.56. The molecule has 0 saturated carbocycles. The summed E-state index contributed by atoms with van der Waals surface area (Å²) in [6, 6.07) is 12.2. The Morgan fingerprint density at radius 1 is 1.14 bits per heavy atom. The zero-order chi connectivity index (χ0) is 20.4. The van der Waals surface area contributed by atoms with Gasteiger partial charge in [-0.3, -0.25) is 4.79 Å². The predicted molar refractivity (Wildman–Crippen MR) is 115 cm³/mol. The van der Waals surface area contributed by atoms with Crippen molar-refractivity contribution < 1.29 is 9.53 Å². The molecule has 29 heavy (non-hydrogen) atoms. The van der Waals surface area contributed by atoms with Gasteiger partial charge in [0.1, 0.15) is 5.82 Å². The first-order valence-corrected chi connectivity index (χ1v) is 10.5. The van der Waals surface area contributed by atoms with Crippen LogP contribution in [0.3, 0.4) is 0 Å². The lowest BCUT2D eigenvalue weighted by Crippen LogP contribution is -2.41. The Kier molecular flexibility index (Phi) is 5.88. The molecule has 1 amide bonds. The molecule has 3 aromatic rings. The van der Waals surface area contributed by atoms with E-state index in [2.05, 4.69) is 30.5 Å². The molecule has 1 aliphatic rings. The van der Waals surface area contributed by atoms with Crippen LogP contribution in [0.2, 0.25) is 5.02 Å². The number of fused-ring (bicyclic) bond motifs is 1. The number of nitrogens with zero attached hydrogens (tertiary/aromatic N) is 3. The number of ether oxygens (including phenoxy) is 1. The average Bonchev–Trinajstić information content (AvgIpc) is 3.04. The summed E-state index contributed by atoms with van der Waals surface area (Å²) in [5.41, 5.74) is 5.52. The fraction of sp³-hybridized carbons (Fsp3) is 0.391. The molecule has 1 saturated heterocycles. The monoisotopic (exact) mass is 411 g/mol. The average molecular weight is 412 g/mol. The molecule has 0 N–H and O–H groups in total. The number of imidazole rings is 1. The second-order valence-electron chi connectivity index (χ2n) is 7.62. The Labute approximate surface area is 176 Å². The summed E-state index contributed by atoms with van der Waals surface area (Å²) in [5.74, 6) is 1.11. The maximum atomic E-state index is 12.7. The maximum absolute atomic E-state index is 12.7. The van der Waals surface area contributed by atoms with Crippen LogP contribution in [0.25, 0.3) is 11.0 Å². The molecule has 0 unspecified atom stereocenters. The van der Waals surface area contributed by atoms with E-state index in [1.165, 1.54) is 11.1 Å². The van der Waals surface area contributed by atoms with Crippen LogP contribution in [0, 0.1) is 13.8 Å². The summed E-state index contributed by atoms with van der Waals surface area (Å²) in [7, 11) is 0. The minimum Gasteiger partial charge on any atom is -0.378 e. The molecule has 0 radical (unpaired) electrons.